The monoisotopic (exact) mass is 513 g/mol. The number of nitrogens with zero attached hydrogens (tertiary/aromatic N) is 3. The smallest absolute Gasteiger partial charge is 0.238 e. The first kappa shape index (κ1) is 24.0. The van der Waals surface area contributed by atoms with E-state index in [4.69, 9.17) is 16.7 Å². The number of amides is 1. The summed E-state index contributed by atoms with van der Waals surface area (Å²) >= 11 is 7.31. The maximum absolute atomic E-state index is 12.5. The molecule has 4 rings (SSSR count). The summed E-state index contributed by atoms with van der Waals surface area (Å²) in [7, 11) is -3.75. The molecule has 8 nitrogen and oxygen atoms in total. The van der Waals surface area contributed by atoms with Gasteiger partial charge < -0.3 is 5.32 Å². The van der Waals surface area contributed by atoms with Gasteiger partial charge in [0, 0.05) is 22.8 Å². The van der Waals surface area contributed by atoms with Crippen LogP contribution in [-0.2, 0) is 21.4 Å². The van der Waals surface area contributed by atoms with Gasteiger partial charge in [-0.1, -0.05) is 65.8 Å². The van der Waals surface area contributed by atoms with Crippen LogP contribution in [0.25, 0.3) is 17.1 Å². The molecule has 1 heterocycles. The molecule has 3 N–H and O–H groups in total. The number of nitrogens with two attached hydrogens (primary N) is 1. The fraction of sp³-hybridized carbons (Fsp3) is 0.0870. The zero-order valence-corrected chi connectivity index (χ0v) is 20.1. The van der Waals surface area contributed by atoms with Gasteiger partial charge in [0.05, 0.1) is 10.6 Å². The Hall–Kier alpha value is -3.18. The second-order valence-electron chi connectivity index (χ2n) is 7.24. The zero-order valence-electron chi connectivity index (χ0n) is 17.8. The van der Waals surface area contributed by atoms with Crippen molar-refractivity contribution in [2.75, 3.05) is 5.75 Å². The number of halogens is 1. The van der Waals surface area contributed by atoms with E-state index in [2.05, 4.69) is 15.5 Å². The summed E-state index contributed by atoms with van der Waals surface area (Å²) in [5.74, 6) is 0.573. The van der Waals surface area contributed by atoms with Gasteiger partial charge in [0.2, 0.25) is 15.9 Å². The van der Waals surface area contributed by atoms with Gasteiger partial charge >= 0.3 is 0 Å². The Bertz CT molecular complexity index is 1390. The Morgan fingerprint density at radius 2 is 1.65 bits per heavy atom. The van der Waals surface area contributed by atoms with Crippen LogP contribution in [0.1, 0.15) is 5.56 Å². The summed E-state index contributed by atoms with van der Waals surface area (Å²) in [5, 5.41) is 17.8. The Kier molecular flexibility index (Phi) is 7.32. The Labute approximate surface area is 206 Å². The second kappa shape index (κ2) is 10.4. The van der Waals surface area contributed by atoms with Crippen molar-refractivity contribution in [1.29, 1.82) is 0 Å². The summed E-state index contributed by atoms with van der Waals surface area (Å²) in [6, 6.07) is 23.0. The van der Waals surface area contributed by atoms with Crippen LogP contribution in [0.5, 0.6) is 0 Å². The lowest BCUT2D eigenvalue weighted by atomic mass is 10.2. The third-order valence-corrected chi connectivity index (χ3v) is 6.93. The van der Waals surface area contributed by atoms with Gasteiger partial charge in [0.25, 0.3) is 0 Å². The molecule has 0 aliphatic heterocycles. The van der Waals surface area contributed by atoms with Crippen LogP contribution >= 0.6 is 23.4 Å². The number of nitrogens with one attached hydrogen (secondary N) is 1. The molecule has 174 valence electrons. The first-order chi connectivity index (χ1) is 16.3. The van der Waals surface area contributed by atoms with Crippen molar-refractivity contribution >= 4 is 39.3 Å². The highest BCUT2D eigenvalue weighted by Crippen LogP contribution is 2.28. The van der Waals surface area contributed by atoms with E-state index in [9.17, 15) is 13.2 Å². The number of primary sulfonamides is 1. The number of thioether (sulfide) groups is 1. The van der Waals surface area contributed by atoms with E-state index < -0.39 is 10.0 Å². The molecule has 1 aromatic heterocycles. The quantitative estimate of drug-likeness (QED) is 0.347. The molecule has 1 amide bonds. The number of carbonyl (C=O) groups is 1. The fourth-order valence-corrected chi connectivity index (χ4v) is 4.56. The van der Waals surface area contributed by atoms with E-state index in [-0.39, 0.29) is 23.1 Å². The number of benzene rings is 3. The van der Waals surface area contributed by atoms with Gasteiger partial charge in [-0.25, -0.2) is 13.6 Å². The van der Waals surface area contributed by atoms with Gasteiger partial charge in [0.15, 0.2) is 11.0 Å². The zero-order chi connectivity index (χ0) is 24.1. The maximum atomic E-state index is 12.5. The molecule has 0 aliphatic rings. The van der Waals surface area contributed by atoms with Crippen molar-refractivity contribution in [1.82, 2.24) is 20.1 Å². The summed E-state index contributed by atoms with van der Waals surface area (Å²) in [6.07, 6.45) is 0. The minimum absolute atomic E-state index is 0.0221. The van der Waals surface area contributed by atoms with Crippen LogP contribution in [0.2, 0.25) is 5.02 Å². The second-order valence-corrected chi connectivity index (χ2v) is 10.2. The lowest BCUT2D eigenvalue weighted by Crippen LogP contribution is -2.24. The van der Waals surface area contributed by atoms with Crippen molar-refractivity contribution in [2.24, 2.45) is 5.14 Å². The molecule has 0 saturated heterocycles. The highest BCUT2D eigenvalue weighted by atomic mass is 35.5. The van der Waals surface area contributed by atoms with Crippen LogP contribution in [-0.4, -0.2) is 34.8 Å². The van der Waals surface area contributed by atoms with Crippen LogP contribution in [0.3, 0.4) is 0 Å². The third kappa shape index (κ3) is 5.84. The molecule has 0 radical (unpaired) electrons. The van der Waals surface area contributed by atoms with E-state index >= 15 is 0 Å². The Morgan fingerprint density at radius 1 is 0.971 bits per heavy atom. The Morgan fingerprint density at radius 3 is 2.29 bits per heavy atom. The third-order valence-electron chi connectivity index (χ3n) is 4.82. The van der Waals surface area contributed by atoms with Crippen molar-refractivity contribution in [3.05, 3.63) is 89.4 Å². The van der Waals surface area contributed by atoms with Gasteiger partial charge in [-0.2, -0.15) is 0 Å². The van der Waals surface area contributed by atoms with E-state index in [1.165, 1.54) is 23.9 Å². The molecule has 0 atom stereocenters. The molecule has 0 unspecified atom stereocenters. The molecule has 34 heavy (non-hydrogen) atoms. The van der Waals surface area contributed by atoms with Gasteiger partial charge in [-0.15, -0.1) is 10.2 Å². The van der Waals surface area contributed by atoms with Gasteiger partial charge in [-0.05, 0) is 42.0 Å². The molecule has 0 aliphatic carbocycles. The summed E-state index contributed by atoms with van der Waals surface area (Å²) < 4.78 is 24.6. The number of aromatic nitrogens is 3. The maximum Gasteiger partial charge on any atom is 0.238 e. The van der Waals surface area contributed by atoms with E-state index in [1.807, 2.05) is 47.0 Å². The standard InChI is InChI=1S/C23H20ClN5O3S2/c24-18-8-10-19(11-9-18)29-22(17-4-2-1-3-5-17)27-28-23(29)33-15-21(30)26-14-16-6-12-20(13-7-16)34(25,31)32/h1-13H,14-15H2,(H,26,30)(H2,25,31,32). The fourth-order valence-electron chi connectivity index (χ4n) is 3.14. The van der Waals surface area contributed by atoms with E-state index in [1.54, 1.807) is 24.3 Å². The molecule has 0 bridgehead atoms. The SMILES string of the molecule is NS(=O)(=O)c1ccc(CNC(=O)CSc2nnc(-c3ccccc3)n2-c2ccc(Cl)cc2)cc1. The topological polar surface area (TPSA) is 120 Å². The van der Waals surface area contributed by atoms with Crippen molar-refractivity contribution in [3.8, 4) is 17.1 Å². The number of hydrogen-bond donors (Lipinski definition) is 2. The summed E-state index contributed by atoms with van der Waals surface area (Å²) in [6.45, 7) is 0.253. The predicted octanol–water partition coefficient (Wildman–Crippen LogP) is 3.64. The minimum Gasteiger partial charge on any atom is -0.351 e. The van der Waals surface area contributed by atoms with Crippen LogP contribution in [0.4, 0.5) is 0 Å². The number of sulfonamides is 1. The highest BCUT2D eigenvalue weighted by Gasteiger charge is 2.17. The minimum atomic E-state index is -3.75. The summed E-state index contributed by atoms with van der Waals surface area (Å²) in [4.78, 5) is 12.5. The molecule has 11 heteroatoms. The first-order valence-electron chi connectivity index (χ1n) is 10.1. The van der Waals surface area contributed by atoms with Crippen molar-refractivity contribution in [3.63, 3.8) is 0 Å². The number of carbonyl (C=O) groups excluding carboxylic acids is 1. The average molecular weight is 514 g/mol. The molecule has 0 saturated carbocycles. The van der Waals surface area contributed by atoms with Crippen molar-refractivity contribution < 1.29 is 13.2 Å². The van der Waals surface area contributed by atoms with Gasteiger partial charge in [0.1, 0.15) is 0 Å². The molecule has 0 fully saturated rings. The lowest BCUT2D eigenvalue weighted by Gasteiger charge is -2.11. The summed E-state index contributed by atoms with van der Waals surface area (Å²) in [5.41, 5.74) is 2.47. The first-order valence-corrected chi connectivity index (χ1v) is 13.0. The number of rotatable bonds is 8. The molecule has 3 aromatic carbocycles. The molecular formula is C23H20ClN5O3S2. The highest BCUT2D eigenvalue weighted by molar-refractivity contribution is 7.99. The van der Waals surface area contributed by atoms with Crippen LogP contribution in [0.15, 0.2) is 88.9 Å². The molecule has 4 aromatic rings. The van der Waals surface area contributed by atoms with Crippen molar-refractivity contribution in [2.45, 2.75) is 16.6 Å². The van der Waals surface area contributed by atoms with Gasteiger partial charge in [-0.3, -0.25) is 9.36 Å². The molecule has 0 spiro atoms. The van der Waals surface area contributed by atoms with E-state index in [0.717, 1.165) is 16.8 Å². The lowest BCUT2D eigenvalue weighted by molar-refractivity contribution is -0.118. The van der Waals surface area contributed by atoms with Crippen LogP contribution < -0.4 is 10.5 Å². The van der Waals surface area contributed by atoms with E-state index in [0.29, 0.717) is 16.0 Å². The largest absolute Gasteiger partial charge is 0.351 e. The average Bonchev–Trinajstić information content (AvgIpc) is 3.26. The predicted molar refractivity (Wildman–Crippen MR) is 132 cm³/mol. The Balaban J connectivity index is 1.47. The normalized spacial score (nSPS) is 11.4. The number of hydrogen-bond acceptors (Lipinski definition) is 6. The van der Waals surface area contributed by atoms with Crippen LogP contribution in [0, 0.1) is 0 Å². The molecular weight excluding hydrogens is 494 g/mol.